The van der Waals surface area contributed by atoms with Crippen LogP contribution in [0.2, 0.25) is 0 Å². The Morgan fingerprint density at radius 1 is 1.43 bits per heavy atom. The third kappa shape index (κ3) is 3.89. The molecule has 0 saturated carbocycles. The SMILES string of the molecule is O=C(O)c1cn[nH]c1S(=O)(=O)NCCCCn1ccnc1. The Kier molecular flexibility index (Phi) is 4.70. The van der Waals surface area contributed by atoms with Crippen LogP contribution in [0.15, 0.2) is 29.9 Å². The zero-order valence-electron chi connectivity index (χ0n) is 11.1. The quantitative estimate of drug-likeness (QED) is 0.591. The lowest BCUT2D eigenvalue weighted by atomic mass is 10.3. The van der Waals surface area contributed by atoms with Crippen molar-refractivity contribution in [2.75, 3.05) is 6.54 Å². The molecule has 2 heterocycles. The predicted octanol–water partition coefficient (Wildman–Crippen LogP) is 0.0631. The molecule has 10 heteroatoms. The number of aromatic nitrogens is 4. The molecule has 0 aromatic carbocycles. The number of hydrogen-bond donors (Lipinski definition) is 3. The van der Waals surface area contributed by atoms with Gasteiger partial charge < -0.3 is 9.67 Å². The highest BCUT2D eigenvalue weighted by molar-refractivity contribution is 7.89. The Bertz CT molecular complexity index is 692. The van der Waals surface area contributed by atoms with Crippen molar-refractivity contribution in [1.82, 2.24) is 24.5 Å². The molecule has 0 unspecified atom stereocenters. The number of carbonyl (C=O) groups is 1. The molecule has 0 bridgehead atoms. The molecule has 0 fully saturated rings. The predicted molar refractivity (Wildman–Crippen MR) is 72.2 cm³/mol. The zero-order chi connectivity index (χ0) is 15.3. The van der Waals surface area contributed by atoms with Gasteiger partial charge in [0.05, 0.1) is 12.5 Å². The second kappa shape index (κ2) is 6.50. The standard InChI is InChI=1S/C11H15N5O4S/c17-11(18)9-7-13-15-10(9)21(19,20)14-3-1-2-5-16-6-4-12-8-16/h4,6-8,14H,1-3,5H2,(H,13,15)(H,17,18). The summed E-state index contributed by atoms with van der Waals surface area (Å²) < 4.78 is 28.1. The van der Waals surface area contributed by atoms with E-state index >= 15 is 0 Å². The summed E-state index contributed by atoms with van der Waals surface area (Å²) in [6, 6.07) is 0. The molecule has 0 saturated heterocycles. The van der Waals surface area contributed by atoms with Gasteiger partial charge in [0.15, 0.2) is 5.03 Å². The first kappa shape index (κ1) is 15.2. The highest BCUT2D eigenvalue weighted by Crippen LogP contribution is 2.11. The van der Waals surface area contributed by atoms with Crippen molar-refractivity contribution < 1.29 is 18.3 Å². The van der Waals surface area contributed by atoms with Crippen LogP contribution in [0.5, 0.6) is 0 Å². The number of nitrogens with zero attached hydrogens (tertiary/aromatic N) is 3. The van der Waals surface area contributed by atoms with Gasteiger partial charge in [-0.25, -0.2) is 22.9 Å². The Morgan fingerprint density at radius 2 is 2.24 bits per heavy atom. The van der Waals surface area contributed by atoms with Gasteiger partial charge in [-0.3, -0.25) is 5.10 Å². The van der Waals surface area contributed by atoms with E-state index < -0.39 is 21.0 Å². The van der Waals surface area contributed by atoms with Crippen LogP contribution in [0.3, 0.4) is 0 Å². The van der Waals surface area contributed by atoms with Gasteiger partial charge in [-0.1, -0.05) is 0 Å². The van der Waals surface area contributed by atoms with Crippen molar-refractivity contribution in [3.63, 3.8) is 0 Å². The van der Waals surface area contributed by atoms with Crippen LogP contribution in [0.25, 0.3) is 0 Å². The number of aromatic amines is 1. The molecule has 2 aromatic rings. The molecule has 0 atom stereocenters. The number of aryl methyl sites for hydroxylation is 1. The van der Waals surface area contributed by atoms with Crippen LogP contribution in [-0.2, 0) is 16.6 Å². The van der Waals surface area contributed by atoms with Crippen molar-refractivity contribution >= 4 is 16.0 Å². The average molecular weight is 313 g/mol. The van der Waals surface area contributed by atoms with Crippen LogP contribution in [-0.4, -0.2) is 45.8 Å². The lowest BCUT2D eigenvalue weighted by Crippen LogP contribution is -2.26. The maximum Gasteiger partial charge on any atom is 0.340 e. The third-order valence-corrected chi connectivity index (χ3v) is 4.23. The van der Waals surface area contributed by atoms with E-state index in [1.54, 1.807) is 12.5 Å². The maximum absolute atomic E-state index is 11.9. The summed E-state index contributed by atoms with van der Waals surface area (Å²) >= 11 is 0. The van der Waals surface area contributed by atoms with Gasteiger partial charge in [0.1, 0.15) is 5.56 Å². The summed E-state index contributed by atoms with van der Waals surface area (Å²) in [4.78, 5) is 14.8. The minimum Gasteiger partial charge on any atom is -0.478 e. The van der Waals surface area contributed by atoms with Gasteiger partial charge in [-0.05, 0) is 12.8 Å². The molecule has 2 aromatic heterocycles. The molecule has 0 aliphatic carbocycles. The van der Waals surface area contributed by atoms with E-state index in [-0.39, 0.29) is 12.1 Å². The van der Waals surface area contributed by atoms with Gasteiger partial charge in [0.25, 0.3) is 10.0 Å². The summed E-state index contributed by atoms with van der Waals surface area (Å²) in [6.07, 6.45) is 7.55. The lowest BCUT2D eigenvalue weighted by molar-refractivity contribution is 0.0692. The van der Waals surface area contributed by atoms with E-state index in [9.17, 15) is 13.2 Å². The van der Waals surface area contributed by atoms with Gasteiger partial charge >= 0.3 is 5.97 Å². The van der Waals surface area contributed by atoms with E-state index in [4.69, 9.17) is 5.11 Å². The minimum absolute atomic E-state index is 0.217. The van der Waals surface area contributed by atoms with E-state index in [1.165, 1.54) is 0 Å². The van der Waals surface area contributed by atoms with Gasteiger partial charge in [0.2, 0.25) is 0 Å². The van der Waals surface area contributed by atoms with Crippen LogP contribution in [0.1, 0.15) is 23.2 Å². The number of nitrogens with one attached hydrogen (secondary N) is 2. The van der Waals surface area contributed by atoms with Gasteiger partial charge in [0, 0.05) is 25.5 Å². The van der Waals surface area contributed by atoms with Gasteiger partial charge in [-0.15, -0.1) is 0 Å². The van der Waals surface area contributed by atoms with Crippen LogP contribution >= 0.6 is 0 Å². The normalized spacial score (nSPS) is 11.6. The Labute approximate surface area is 121 Å². The molecule has 0 radical (unpaired) electrons. The largest absolute Gasteiger partial charge is 0.478 e. The second-order valence-electron chi connectivity index (χ2n) is 4.32. The minimum atomic E-state index is -3.89. The fourth-order valence-corrected chi connectivity index (χ4v) is 2.91. The smallest absolute Gasteiger partial charge is 0.340 e. The van der Waals surface area contributed by atoms with E-state index in [2.05, 4.69) is 19.9 Å². The highest BCUT2D eigenvalue weighted by Gasteiger charge is 2.24. The molecule has 9 nitrogen and oxygen atoms in total. The number of carboxylic acids is 1. The molecule has 0 amide bonds. The van der Waals surface area contributed by atoms with Crippen molar-refractivity contribution in [2.24, 2.45) is 0 Å². The molecule has 0 aliphatic rings. The number of rotatable bonds is 8. The first-order chi connectivity index (χ1) is 10.0. The number of aromatic carboxylic acids is 1. The van der Waals surface area contributed by atoms with Crippen molar-refractivity contribution in [3.8, 4) is 0 Å². The number of carboxylic acid groups (broad SMARTS) is 1. The number of H-pyrrole nitrogens is 1. The monoisotopic (exact) mass is 313 g/mol. The Hall–Kier alpha value is -2.20. The molecule has 0 spiro atoms. The lowest BCUT2D eigenvalue weighted by Gasteiger charge is -2.06. The van der Waals surface area contributed by atoms with E-state index in [0.717, 1.165) is 19.2 Å². The summed E-state index contributed by atoms with van der Waals surface area (Å²) in [6.45, 7) is 0.960. The molecule has 21 heavy (non-hydrogen) atoms. The van der Waals surface area contributed by atoms with Crippen LogP contribution < -0.4 is 4.72 Å². The molecule has 2 rings (SSSR count). The third-order valence-electron chi connectivity index (χ3n) is 2.80. The van der Waals surface area contributed by atoms with Crippen LogP contribution in [0.4, 0.5) is 0 Å². The Morgan fingerprint density at radius 3 is 2.90 bits per heavy atom. The van der Waals surface area contributed by atoms with E-state index in [0.29, 0.717) is 6.42 Å². The molecular formula is C11H15N5O4S. The fraction of sp³-hybridized carbons (Fsp3) is 0.364. The fourth-order valence-electron chi connectivity index (χ4n) is 1.75. The number of unbranched alkanes of at least 4 members (excludes halogenated alkanes) is 1. The zero-order valence-corrected chi connectivity index (χ0v) is 11.9. The van der Waals surface area contributed by atoms with Gasteiger partial charge in [-0.2, -0.15) is 5.10 Å². The first-order valence-electron chi connectivity index (χ1n) is 6.23. The molecule has 114 valence electrons. The van der Waals surface area contributed by atoms with Crippen LogP contribution in [0, 0.1) is 0 Å². The van der Waals surface area contributed by atoms with Crippen molar-refractivity contribution in [1.29, 1.82) is 0 Å². The van der Waals surface area contributed by atoms with E-state index in [1.807, 2.05) is 10.8 Å². The molecular weight excluding hydrogens is 298 g/mol. The highest BCUT2D eigenvalue weighted by atomic mass is 32.2. The molecule has 3 N–H and O–H groups in total. The first-order valence-corrected chi connectivity index (χ1v) is 7.71. The molecule has 0 aliphatic heterocycles. The van der Waals surface area contributed by atoms with Crippen molar-refractivity contribution in [3.05, 3.63) is 30.5 Å². The second-order valence-corrected chi connectivity index (χ2v) is 6.03. The number of hydrogen-bond acceptors (Lipinski definition) is 5. The Balaban J connectivity index is 1.84. The summed E-state index contributed by atoms with van der Waals surface area (Å²) in [5.74, 6) is -1.34. The summed E-state index contributed by atoms with van der Waals surface area (Å²) in [5, 5.41) is 14.1. The summed E-state index contributed by atoms with van der Waals surface area (Å²) in [5.41, 5.74) is -0.374. The van der Waals surface area contributed by atoms with Crippen molar-refractivity contribution in [2.45, 2.75) is 24.4 Å². The maximum atomic E-state index is 11.9. The number of sulfonamides is 1. The topological polar surface area (TPSA) is 130 Å². The summed E-state index contributed by atoms with van der Waals surface area (Å²) in [7, 11) is -3.89. The average Bonchev–Trinajstić information content (AvgIpc) is 3.09. The number of imidazole rings is 1.